The molecule has 0 fully saturated rings. The number of hydrogen-bond donors (Lipinski definition) is 3. The van der Waals surface area contributed by atoms with Crippen molar-refractivity contribution in [3.63, 3.8) is 0 Å². The number of hydrogen-bond acceptors (Lipinski definition) is 2. The van der Waals surface area contributed by atoms with E-state index in [2.05, 4.69) is 16.0 Å². The standard InChI is InChI=1S/C20H22F3N3O2/c1-12-4-6-13(7-5-12)20(2,3)11-25-19(28)24-10-16(27)26-15-9-8-14(21)17(22)18(15)23/h4-9H,10-11H2,1-3H3,(H,26,27)(H2,24,25,28). The van der Waals surface area contributed by atoms with E-state index in [1.165, 1.54) is 0 Å². The van der Waals surface area contributed by atoms with Gasteiger partial charge >= 0.3 is 6.03 Å². The first kappa shape index (κ1) is 21.3. The summed E-state index contributed by atoms with van der Waals surface area (Å²) in [7, 11) is 0. The Kier molecular flexibility index (Phi) is 6.66. The summed E-state index contributed by atoms with van der Waals surface area (Å²) in [5.41, 5.74) is 1.34. The molecule has 3 amide bonds. The van der Waals surface area contributed by atoms with Crippen molar-refractivity contribution in [1.29, 1.82) is 0 Å². The molecule has 0 saturated heterocycles. The molecule has 0 unspecified atom stereocenters. The Hall–Kier alpha value is -3.03. The predicted molar refractivity (Wildman–Crippen MR) is 101 cm³/mol. The minimum Gasteiger partial charge on any atom is -0.337 e. The average Bonchev–Trinajstić information content (AvgIpc) is 2.65. The highest BCUT2D eigenvalue weighted by Crippen LogP contribution is 2.22. The van der Waals surface area contributed by atoms with E-state index in [-0.39, 0.29) is 5.41 Å². The van der Waals surface area contributed by atoms with E-state index in [1.54, 1.807) is 0 Å². The Balaban J connectivity index is 1.83. The van der Waals surface area contributed by atoms with Crippen LogP contribution in [0.15, 0.2) is 36.4 Å². The molecule has 0 bridgehead atoms. The molecule has 28 heavy (non-hydrogen) atoms. The molecular formula is C20H22F3N3O2. The second-order valence-electron chi connectivity index (χ2n) is 7.06. The van der Waals surface area contributed by atoms with Crippen LogP contribution in [0.1, 0.15) is 25.0 Å². The van der Waals surface area contributed by atoms with Gasteiger partial charge in [0.1, 0.15) is 0 Å². The van der Waals surface area contributed by atoms with Gasteiger partial charge in [0.15, 0.2) is 17.5 Å². The minimum absolute atomic E-state index is 0.321. The Morgan fingerprint density at radius 1 is 0.929 bits per heavy atom. The lowest BCUT2D eigenvalue weighted by molar-refractivity contribution is -0.115. The van der Waals surface area contributed by atoms with Crippen LogP contribution in [0, 0.1) is 24.4 Å². The summed E-state index contributed by atoms with van der Waals surface area (Å²) in [6, 6.07) is 8.95. The van der Waals surface area contributed by atoms with Crippen LogP contribution in [0.25, 0.3) is 0 Å². The molecular weight excluding hydrogens is 371 g/mol. The largest absolute Gasteiger partial charge is 0.337 e. The summed E-state index contributed by atoms with van der Waals surface area (Å²) in [6.45, 7) is 5.78. The van der Waals surface area contributed by atoms with Gasteiger partial charge in [-0.1, -0.05) is 43.7 Å². The van der Waals surface area contributed by atoms with Gasteiger partial charge in [0, 0.05) is 12.0 Å². The SMILES string of the molecule is Cc1ccc(C(C)(C)CNC(=O)NCC(=O)Nc2ccc(F)c(F)c2F)cc1. The van der Waals surface area contributed by atoms with Crippen molar-refractivity contribution < 1.29 is 22.8 Å². The van der Waals surface area contributed by atoms with Gasteiger partial charge in [-0.05, 0) is 24.6 Å². The number of halogens is 3. The average molecular weight is 393 g/mol. The van der Waals surface area contributed by atoms with Gasteiger partial charge in [0.05, 0.1) is 12.2 Å². The van der Waals surface area contributed by atoms with Crippen molar-refractivity contribution in [2.24, 2.45) is 0 Å². The minimum atomic E-state index is -1.68. The smallest absolute Gasteiger partial charge is 0.315 e. The first-order chi connectivity index (χ1) is 13.1. The maximum atomic E-state index is 13.5. The van der Waals surface area contributed by atoms with Crippen LogP contribution in [0.3, 0.4) is 0 Å². The van der Waals surface area contributed by atoms with Crippen LogP contribution in [0.4, 0.5) is 23.7 Å². The van der Waals surface area contributed by atoms with E-state index in [4.69, 9.17) is 0 Å². The molecule has 0 spiro atoms. The van der Waals surface area contributed by atoms with Gasteiger partial charge < -0.3 is 16.0 Å². The van der Waals surface area contributed by atoms with Crippen molar-refractivity contribution in [3.05, 3.63) is 65.0 Å². The Bertz CT molecular complexity index is 868. The molecule has 0 aliphatic carbocycles. The van der Waals surface area contributed by atoms with Crippen molar-refractivity contribution in [2.75, 3.05) is 18.4 Å². The second kappa shape index (κ2) is 8.77. The van der Waals surface area contributed by atoms with Crippen LogP contribution in [0.2, 0.25) is 0 Å². The Morgan fingerprint density at radius 3 is 2.21 bits per heavy atom. The molecule has 0 atom stereocenters. The summed E-state index contributed by atoms with van der Waals surface area (Å²) < 4.78 is 39.6. The molecule has 5 nitrogen and oxygen atoms in total. The highest BCUT2D eigenvalue weighted by Gasteiger charge is 2.21. The van der Waals surface area contributed by atoms with Crippen LogP contribution < -0.4 is 16.0 Å². The maximum Gasteiger partial charge on any atom is 0.315 e. The fraction of sp³-hybridized carbons (Fsp3) is 0.300. The molecule has 0 aliphatic rings. The molecule has 3 N–H and O–H groups in total. The maximum absolute atomic E-state index is 13.5. The summed E-state index contributed by atoms with van der Waals surface area (Å²) in [5, 5.41) is 7.07. The van der Waals surface area contributed by atoms with E-state index in [1.807, 2.05) is 45.0 Å². The highest BCUT2D eigenvalue weighted by molar-refractivity contribution is 5.94. The zero-order valence-electron chi connectivity index (χ0n) is 15.8. The van der Waals surface area contributed by atoms with Crippen LogP contribution in [-0.2, 0) is 10.2 Å². The predicted octanol–water partition coefficient (Wildman–Crippen LogP) is 3.63. The van der Waals surface area contributed by atoms with E-state index in [0.717, 1.165) is 17.2 Å². The van der Waals surface area contributed by atoms with Gasteiger partial charge in [-0.3, -0.25) is 4.79 Å². The van der Waals surface area contributed by atoms with E-state index in [9.17, 15) is 22.8 Å². The molecule has 150 valence electrons. The van der Waals surface area contributed by atoms with Crippen LogP contribution in [-0.4, -0.2) is 25.0 Å². The topological polar surface area (TPSA) is 70.2 Å². The molecule has 0 heterocycles. The second-order valence-corrected chi connectivity index (χ2v) is 7.06. The third kappa shape index (κ3) is 5.48. The molecule has 8 heteroatoms. The molecule has 0 radical (unpaired) electrons. The fourth-order valence-electron chi connectivity index (χ4n) is 2.45. The first-order valence-corrected chi connectivity index (χ1v) is 8.62. The lowest BCUT2D eigenvalue weighted by Gasteiger charge is -2.26. The normalized spacial score (nSPS) is 11.1. The fourth-order valence-corrected chi connectivity index (χ4v) is 2.45. The number of nitrogens with one attached hydrogen (secondary N) is 3. The van der Waals surface area contributed by atoms with Gasteiger partial charge in [0.2, 0.25) is 5.91 Å². The third-order valence-electron chi connectivity index (χ3n) is 4.24. The van der Waals surface area contributed by atoms with Crippen molar-refractivity contribution in [1.82, 2.24) is 10.6 Å². The summed E-state index contributed by atoms with van der Waals surface area (Å²) in [4.78, 5) is 23.7. The lowest BCUT2D eigenvalue weighted by Crippen LogP contribution is -2.44. The molecule has 0 saturated carbocycles. The van der Waals surface area contributed by atoms with E-state index in [0.29, 0.717) is 12.6 Å². The number of amides is 3. The van der Waals surface area contributed by atoms with Gasteiger partial charge in [-0.25, -0.2) is 18.0 Å². The van der Waals surface area contributed by atoms with Crippen LogP contribution >= 0.6 is 0 Å². The van der Waals surface area contributed by atoms with Gasteiger partial charge in [0.25, 0.3) is 0 Å². The molecule has 2 aromatic carbocycles. The summed E-state index contributed by atoms with van der Waals surface area (Å²) >= 11 is 0. The molecule has 0 aliphatic heterocycles. The van der Waals surface area contributed by atoms with E-state index < -0.39 is 41.6 Å². The first-order valence-electron chi connectivity index (χ1n) is 8.62. The van der Waals surface area contributed by atoms with Crippen LogP contribution in [0.5, 0.6) is 0 Å². The van der Waals surface area contributed by atoms with Crippen molar-refractivity contribution >= 4 is 17.6 Å². The zero-order valence-corrected chi connectivity index (χ0v) is 15.8. The number of rotatable bonds is 6. The van der Waals surface area contributed by atoms with E-state index >= 15 is 0 Å². The Morgan fingerprint density at radius 2 is 1.57 bits per heavy atom. The zero-order chi connectivity index (χ0) is 20.9. The summed E-state index contributed by atoms with van der Waals surface area (Å²) in [5.74, 6) is -5.32. The number of aryl methyl sites for hydroxylation is 1. The van der Waals surface area contributed by atoms with Crippen molar-refractivity contribution in [3.8, 4) is 0 Å². The number of urea groups is 1. The number of benzene rings is 2. The van der Waals surface area contributed by atoms with Gasteiger partial charge in [-0.15, -0.1) is 0 Å². The monoisotopic (exact) mass is 393 g/mol. The third-order valence-corrected chi connectivity index (χ3v) is 4.24. The number of anilines is 1. The van der Waals surface area contributed by atoms with Crippen molar-refractivity contribution in [2.45, 2.75) is 26.2 Å². The summed E-state index contributed by atoms with van der Waals surface area (Å²) in [6.07, 6.45) is 0. The number of carbonyl (C=O) groups is 2. The van der Waals surface area contributed by atoms with Gasteiger partial charge in [-0.2, -0.15) is 0 Å². The quantitative estimate of drug-likeness (QED) is 0.656. The highest BCUT2D eigenvalue weighted by atomic mass is 19.2. The number of carbonyl (C=O) groups excluding carboxylic acids is 2. The lowest BCUT2D eigenvalue weighted by atomic mass is 9.84. The molecule has 2 aromatic rings. The molecule has 0 aromatic heterocycles. The molecule has 2 rings (SSSR count). The Labute approximate surface area is 161 Å².